The first-order chi connectivity index (χ1) is 7.24. The number of halogens is 1. The minimum Gasteiger partial charge on any atom is -0.378 e. The molecule has 1 rings (SSSR count). The van der Waals surface area contributed by atoms with E-state index >= 15 is 0 Å². The predicted octanol–water partition coefficient (Wildman–Crippen LogP) is 3.08. The summed E-state index contributed by atoms with van der Waals surface area (Å²) in [5, 5.41) is 0. The van der Waals surface area contributed by atoms with Gasteiger partial charge in [-0.25, -0.2) is 0 Å². The second-order valence-electron chi connectivity index (χ2n) is 4.56. The second kappa shape index (κ2) is 7.48. The molecule has 0 aromatic carbocycles. The molecule has 1 saturated carbocycles. The molecule has 1 fully saturated rings. The second-order valence-corrected chi connectivity index (χ2v) is 4.94. The van der Waals surface area contributed by atoms with E-state index in [4.69, 9.17) is 21.1 Å². The van der Waals surface area contributed by atoms with Crippen LogP contribution in [0.2, 0.25) is 0 Å². The average Bonchev–Trinajstić information content (AvgIpc) is 2.23. The molecule has 0 aromatic heterocycles. The Morgan fingerprint density at radius 2 is 1.87 bits per heavy atom. The molecule has 15 heavy (non-hydrogen) atoms. The van der Waals surface area contributed by atoms with Crippen LogP contribution < -0.4 is 0 Å². The highest BCUT2D eigenvalue weighted by molar-refractivity contribution is 6.17. The van der Waals surface area contributed by atoms with Gasteiger partial charge in [0.15, 0.2) is 0 Å². The molecular formula is C12H23ClO2. The lowest BCUT2D eigenvalue weighted by molar-refractivity contribution is -0.0245. The van der Waals surface area contributed by atoms with Crippen molar-refractivity contribution in [2.75, 3.05) is 25.7 Å². The standard InChI is InChI=1S/C12H23ClO2/c1-10-3-4-12(9-11(10)2)15-8-7-14-6-5-13/h10-12H,3-9H2,1-2H3. The maximum absolute atomic E-state index is 5.78. The first-order valence-electron chi connectivity index (χ1n) is 5.99. The Morgan fingerprint density at radius 1 is 1.07 bits per heavy atom. The fourth-order valence-corrected chi connectivity index (χ4v) is 2.19. The zero-order chi connectivity index (χ0) is 11.1. The van der Waals surface area contributed by atoms with Crippen molar-refractivity contribution in [3.8, 4) is 0 Å². The summed E-state index contributed by atoms with van der Waals surface area (Å²) < 4.78 is 11.0. The Kier molecular flexibility index (Phi) is 6.62. The molecule has 3 unspecified atom stereocenters. The van der Waals surface area contributed by atoms with E-state index in [0.29, 0.717) is 31.8 Å². The Balaban J connectivity index is 2.02. The summed E-state index contributed by atoms with van der Waals surface area (Å²) in [6.07, 6.45) is 4.17. The van der Waals surface area contributed by atoms with E-state index in [2.05, 4.69) is 13.8 Å². The van der Waals surface area contributed by atoms with E-state index in [9.17, 15) is 0 Å². The van der Waals surface area contributed by atoms with Gasteiger partial charge in [0.05, 0.1) is 25.9 Å². The number of ether oxygens (including phenoxy) is 2. The molecule has 0 heterocycles. The predicted molar refractivity (Wildman–Crippen MR) is 63.5 cm³/mol. The molecule has 0 bridgehead atoms. The third-order valence-corrected chi connectivity index (χ3v) is 3.51. The highest BCUT2D eigenvalue weighted by Gasteiger charge is 2.24. The maximum Gasteiger partial charge on any atom is 0.0704 e. The third-order valence-electron chi connectivity index (χ3n) is 3.35. The quantitative estimate of drug-likeness (QED) is 0.520. The SMILES string of the molecule is CC1CCC(OCCOCCCl)CC1C. The summed E-state index contributed by atoms with van der Waals surface area (Å²) in [6, 6.07) is 0. The normalized spacial score (nSPS) is 31.8. The molecule has 0 radical (unpaired) electrons. The van der Waals surface area contributed by atoms with Gasteiger partial charge in [-0.2, -0.15) is 0 Å². The molecule has 2 nitrogen and oxygen atoms in total. The van der Waals surface area contributed by atoms with E-state index in [-0.39, 0.29) is 0 Å². The van der Waals surface area contributed by atoms with Crippen molar-refractivity contribution < 1.29 is 9.47 Å². The van der Waals surface area contributed by atoms with Crippen LogP contribution in [-0.2, 0) is 9.47 Å². The highest BCUT2D eigenvalue weighted by Crippen LogP contribution is 2.30. The molecule has 90 valence electrons. The minimum absolute atomic E-state index is 0.454. The van der Waals surface area contributed by atoms with Gasteiger partial charge in [0.25, 0.3) is 0 Å². The zero-order valence-electron chi connectivity index (χ0n) is 9.88. The molecule has 0 spiro atoms. The Labute approximate surface area is 98.3 Å². The molecule has 0 amide bonds. The van der Waals surface area contributed by atoms with Gasteiger partial charge in [0, 0.05) is 5.88 Å². The molecule has 0 N–H and O–H groups in total. The van der Waals surface area contributed by atoms with Crippen LogP contribution in [0.1, 0.15) is 33.1 Å². The molecule has 0 saturated heterocycles. The first kappa shape index (κ1) is 13.3. The van der Waals surface area contributed by atoms with Crippen molar-refractivity contribution >= 4 is 11.6 Å². The topological polar surface area (TPSA) is 18.5 Å². The molecule has 3 atom stereocenters. The van der Waals surface area contributed by atoms with Crippen LogP contribution in [0.15, 0.2) is 0 Å². The smallest absolute Gasteiger partial charge is 0.0704 e. The van der Waals surface area contributed by atoms with Crippen molar-refractivity contribution in [3.63, 3.8) is 0 Å². The fourth-order valence-electron chi connectivity index (χ4n) is 2.08. The monoisotopic (exact) mass is 234 g/mol. The summed E-state index contributed by atoms with van der Waals surface area (Å²) in [4.78, 5) is 0. The van der Waals surface area contributed by atoms with Crippen molar-refractivity contribution in [2.45, 2.75) is 39.2 Å². The summed E-state index contributed by atoms with van der Waals surface area (Å²) in [5.74, 6) is 2.22. The van der Waals surface area contributed by atoms with Crippen LogP contribution in [0.25, 0.3) is 0 Å². The van der Waals surface area contributed by atoms with Crippen molar-refractivity contribution in [1.29, 1.82) is 0 Å². The van der Waals surface area contributed by atoms with Crippen molar-refractivity contribution in [2.24, 2.45) is 11.8 Å². The van der Waals surface area contributed by atoms with Gasteiger partial charge in [-0.15, -0.1) is 11.6 Å². The Bertz CT molecular complexity index is 164. The number of hydrogen-bond acceptors (Lipinski definition) is 2. The van der Waals surface area contributed by atoms with Gasteiger partial charge in [-0.05, 0) is 31.1 Å². The Hall–Kier alpha value is 0.210. The van der Waals surface area contributed by atoms with E-state index < -0.39 is 0 Å². The first-order valence-corrected chi connectivity index (χ1v) is 6.52. The van der Waals surface area contributed by atoms with Crippen LogP contribution in [0.5, 0.6) is 0 Å². The van der Waals surface area contributed by atoms with Gasteiger partial charge < -0.3 is 9.47 Å². The van der Waals surface area contributed by atoms with Crippen molar-refractivity contribution in [3.05, 3.63) is 0 Å². The van der Waals surface area contributed by atoms with E-state index in [1.165, 1.54) is 19.3 Å². The number of rotatable bonds is 6. The minimum atomic E-state index is 0.454. The lowest BCUT2D eigenvalue weighted by atomic mass is 9.80. The van der Waals surface area contributed by atoms with Crippen LogP contribution in [0.3, 0.4) is 0 Å². The van der Waals surface area contributed by atoms with E-state index in [1.807, 2.05) is 0 Å². The third kappa shape index (κ3) is 5.19. The van der Waals surface area contributed by atoms with Crippen molar-refractivity contribution in [1.82, 2.24) is 0 Å². The molecule has 1 aliphatic rings. The number of alkyl halides is 1. The van der Waals surface area contributed by atoms with Gasteiger partial charge in [-0.1, -0.05) is 13.8 Å². The number of hydrogen-bond donors (Lipinski definition) is 0. The summed E-state index contributed by atoms with van der Waals surface area (Å²) in [7, 11) is 0. The lowest BCUT2D eigenvalue weighted by Crippen LogP contribution is -2.27. The average molecular weight is 235 g/mol. The van der Waals surface area contributed by atoms with Gasteiger partial charge in [0.2, 0.25) is 0 Å². The largest absolute Gasteiger partial charge is 0.378 e. The zero-order valence-corrected chi connectivity index (χ0v) is 10.6. The fraction of sp³-hybridized carbons (Fsp3) is 1.00. The van der Waals surface area contributed by atoms with Crippen LogP contribution >= 0.6 is 11.6 Å². The van der Waals surface area contributed by atoms with Gasteiger partial charge >= 0.3 is 0 Å². The Morgan fingerprint density at radius 3 is 2.53 bits per heavy atom. The summed E-state index contributed by atoms with van der Waals surface area (Å²) >= 11 is 5.50. The lowest BCUT2D eigenvalue weighted by Gasteiger charge is -2.31. The van der Waals surface area contributed by atoms with E-state index in [0.717, 1.165) is 11.8 Å². The maximum atomic E-state index is 5.78. The molecule has 0 aromatic rings. The highest BCUT2D eigenvalue weighted by atomic mass is 35.5. The molecular weight excluding hydrogens is 212 g/mol. The van der Waals surface area contributed by atoms with Gasteiger partial charge in [-0.3, -0.25) is 0 Å². The van der Waals surface area contributed by atoms with Gasteiger partial charge in [0.1, 0.15) is 0 Å². The summed E-state index contributed by atoms with van der Waals surface area (Å²) in [5.41, 5.74) is 0. The molecule has 0 aliphatic heterocycles. The van der Waals surface area contributed by atoms with Crippen LogP contribution in [-0.4, -0.2) is 31.8 Å². The summed E-state index contributed by atoms with van der Waals surface area (Å²) in [6.45, 7) is 6.67. The molecule has 1 aliphatic carbocycles. The van der Waals surface area contributed by atoms with Crippen LogP contribution in [0, 0.1) is 11.8 Å². The van der Waals surface area contributed by atoms with E-state index in [1.54, 1.807) is 0 Å². The van der Waals surface area contributed by atoms with Crippen LogP contribution in [0.4, 0.5) is 0 Å². The molecule has 3 heteroatoms.